The molecule has 1 saturated heterocycles. The van der Waals surface area contributed by atoms with Gasteiger partial charge in [-0.15, -0.1) is 11.3 Å². The van der Waals surface area contributed by atoms with Crippen molar-refractivity contribution in [2.45, 2.75) is 19.8 Å². The number of primary amides is 1. The fraction of sp³-hybridized carbons (Fsp3) is 0.421. The van der Waals surface area contributed by atoms with Gasteiger partial charge in [0.25, 0.3) is 5.91 Å². The molecular weight excluding hydrogens is 382 g/mol. The second-order valence-corrected chi connectivity index (χ2v) is 7.58. The second kappa shape index (κ2) is 9.03. The van der Waals surface area contributed by atoms with Gasteiger partial charge in [0, 0.05) is 29.7 Å². The van der Waals surface area contributed by atoms with Crippen LogP contribution in [0.25, 0.3) is 11.3 Å². The first kappa shape index (κ1) is 20.1. The van der Waals surface area contributed by atoms with Crippen LogP contribution in [0.2, 0.25) is 0 Å². The number of furan rings is 1. The lowest BCUT2D eigenvalue weighted by Crippen LogP contribution is -3.14. The number of thiophene rings is 1. The van der Waals surface area contributed by atoms with Gasteiger partial charge in [0.05, 0.1) is 26.0 Å². The van der Waals surface area contributed by atoms with E-state index in [0.717, 1.165) is 4.90 Å². The number of esters is 1. The number of amides is 2. The van der Waals surface area contributed by atoms with E-state index in [0.29, 0.717) is 47.8 Å². The van der Waals surface area contributed by atoms with Gasteiger partial charge in [-0.1, -0.05) is 0 Å². The molecule has 2 aromatic heterocycles. The molecule has 0 spiro atoms. The van der Waals surface area contributed by atoms with E-state index in [1.54, 1.807) is 24.4 Å². The van der Waals surface area contributed by atoms with Crippen LogP contribution in [0.1, 0.15) is 30.1 Å². The van der Waals surface area contributed by atoms with Crippen LogP contribution in [0.3, 0.4) is 0 Å². The van der Waals surface area contributed by atoms with Gasteiger partial charge in [-0.2, -0.15) is 0 Å². The third-order valence-electron chi connectivity index (χ3n) is 4.82. The van der Waals surface area contributed by atoms with Crippen molar-refractivity contribution in [3.05, 3.63) is 29.3 Å². The van der Waals surface area contributed by atoms with E-state index in [-0.39, 0.29) is 30.9 Å². The largest absolute Gasteiger partial charge is 0.464 e. The highest BCUT2D eigenvalue weighted by molar-refractivity contribution is 7.15. The minimum absolute atomic E-state index is 0.102. The first-order valence-corrected chi connectivity index (χ1v) is 10.1. The van der Waals surface area contributed by atoms with Gasteiger partial charge in [0.15, 0.2) is 6.54 Å². The molecule has 0 bridgehead atoms. The summed E-state index contributed by atoms with van der Waals surface area (Å²) in [5.74, 6) is -0.521. The van der Waals surface area contributed by atoms with E-state index in [9.17, 15) is 14.4 Å². The number of quaternary nitrogens is 1. The molecule has 0 aromatic carbocycles. The standard InChI is InChI=1S/C19H23N3O5S/c1-2-26-19(25)16-13(14-4-3-9-27-14)11-28-18(16)21-15(23)10-22-7-5-12(6-8-22)17(20)24/h3-4,9,11-12H,2,5-8,10H2,1H3,(H2,20,24)(H,21,23)/p+1. The summed E-state index contributed by atoms with van der Waals surface area (Å²) in [6, 6.07) is 3.49. The first-order valence-electron chi connectivity index (χ1n) is 9.24. The Kier molecular flexibility index (Phi) is 6.48. The van der Waals surface area contributed by atoms with Gasteiger partial charge < -0.3 is 25.1 Å². The number of nitrogens with two attached hydrogens (primary N) is 1. The number of hydrogen-bond donors (Lipinski definition) is 3. The van der Waals surface area contributed by atoms with Crippen LogP contribution >= 0.6 is 11.3 Å². The maximum absolute atomic E-state index is 12.5. The van der Waals surface area contributed by atoms with Crippen molar-refractivity contribution in [3.8, 4) is 11.3 Å². The van der Waals surface area contributed by atoms with E-state index in [1.807, 2.05) is 0 Å². The molecule has 9 heteroatoms. The van der Waals surface area contributed by atoms with E-state index < -0.39 is 5.97 Å². The van der Waals surface area contributed by atoms with Gasteiger partial charge in [-0.3, -0.25) is 9.59 Å². The fourth-order valence-electron chi connectivity index (χ4n) is 3.35. The zero-order valence-electron chi connectivity index (χ0n) is 15.7. The smallest absolute Gasteiger partial charge is 0.341 e. The van der Waals surface area contributed by atoms with Crippen molar-refractivity contribution >= 4 is 34.1 Å². The fourth-order valence-corrected chi connectivity index (χ4v) is 4.31. The SMILES string of the molecule is CCOC(=O)c1c(-c2ccco2)csc1NC(=O)C[NH+]1CCC(C(N)=O)CC1. The summed E-state index contributed by atoms with van der Waals surface area (Å²) in [4.78, 5) is 37.3. The summed E-state index contributed by atoms with van der Waals surface area (Å²) < 4.78 is 10.6. The third kappa shape index (κ3) is 4.60. The number of hydrogen-bond acceptors (Lipinski definition) is 6. The molecule has 150 valence electrons. The van der Waals surface area contributed by atoms with Gasteiger partial charge in [0.2, 0.25) is 5.91 Å². The number of piperidine rings is 1. The minimum Gasteiger partial charge on any atom is -0.464 e. The predicted octanol–water partition coefficient (Wildman–Crippen LogP) is 0.904. The molecule has 0 saturated carbocycles. The first-order chi connectivity index (χ1) is 13.5. The minimum atomic E-state index is -0.500. The average molecular weight is 406 g/mol. The highest BCUT2D eigenvalue weighted by Crippen LogP contribution is 2.36. The molecule has 1 aliphatic rings. The van der Waals surface area contributed by atoms with E-state index in [4.69, 9.17) is 14.9 Å². The Morgan fingerprint density at radius 2 is 2.11 bits per heavy atom. The molecule has 0 radical (unpaired) electrons. The number of carbonyl (C=O) groups excluding carboxylic acids is 3. The zero-order valence-corrected chi connectivity index (χ0v) is 16.5. The molecule has 0 aliphatic carbocycles. The lowest BCUT2D eigenvalue weighted by molar-refractivity contribution is -0.897. The van der Waals surface area contributed by atoms with Crippen molar-refractivity contribution < 1.29 is 28.4 Å². The highest BCUT2D eigenvalue weighted by Gasteiger charge is 2.28. The van der Waals surface area contributed by atoms with Crippen LogP contribution in [0.15, 0.2) is 28.2 Å². The molecule has 2 amide bonds. The van der Waals surface area contributed by atoms with E-state index in [2.05, 4.69) is 5.32 Å². The summed E-state index contributed by atoms with van der Waals surface area (Å²) in [5, 5.41) is 5.05. The van der Waals surface area contributed by atoms with Gasteiger partial charge in [-0.05, 0) is 19.1 Å². The van der Waals surface area contributed by atoms with Crippen molar-refractivity contribution in [3.63, 3.8) is 0 Å². The quantitative estimate of drug-likeness (QED) is 0.591. The van der Waals surface area contributed by atoms with Crippen molar-refractivity contribution in [2.75, 3.05) is 31.6 Å². The summed E-state index contributed by atoms with van der Waals surface area (Å²) in [7, 11) is 0. The Morgan fingerprint density at radius 1 is 1.36 bits per heavy atom. The second-order valence-electron chi connectivity index (χ2n) is 6.70. The van der Waals surface area contributed by atoms with Crippen molar-refractivity contribution in [1.82, 2.24) is 0 Å². The lowest BCUT2D eigenvalue weighted by atomic mass is 9.96. The number of ether oxygens (including phenoxy) is 1. The predicted molar refractivity (Wildman–Crippen MR) is 104 cm³/mol. The summed E-state index contributed by atoms with van der Waals surface area (Å²) in [6.45, 7) is 3.66. The van der Waals surface area contributed by atoms with Crippen LogP contribution in [0.4, 0.5) is 5.00 Å². The van der Waals surface area contributed by atoms with Crippen LogP contribution in [0.5, 0.6) is 0 Å². The van der Waals surface area contributed by atoms with E-state index >= 15 is 0 Å². The Bertz CT molecular complexity index is 838. The van der Waals surface area contributed by atoms with Gasteiger partial charge >= 0.3 is 5.97 Å². The molecule has 4 N–H and O–H groups in total. The van der Waals surface area contributed by atoms with Crippen LogP contribution in [-0.2, 0) is 14.3 Å². The molecule has 3 rings (SSSR count). The molecular formula is C19H24N3O5S+. The summed E-state index contributed by atoms with van der Waals surface area (Å²) in [5.41, 5.74) is 6.25. The van der Waals surface area contributed by atoms with Crippen molar-refractivity contribution in [2.24, 2.45) is 11.7 Å². The Morgan fingerprint density at radius 3 is 2.71 bits per heavy atom. The number of carbonyl (C=O) groups is 3. The number of likely N-dealkylation sites (tertiary alicyclic amines) is 1. The number of anilines is 1. The Labute approximate surface area is 166 Å². The number of rotatable bonds is 7. The summed E-state index contributed by atoms with van der Waals surface area (Å²) in [6.07, 6.45) is 2.90. The monoisotopic (exact) mass is 406 g/mol. The normalized spacial score (nSPS) is 19.2. The third-order valence-corrected chi connectivity index (χ3v) is 5.71. The Balaban J connectivity index is 1.69. The zero-order chi connectivity index (χ0) is 20.1. The summed E-state index contributed by atoms with van der Waals surface area (Å²) >= 11 is 1.26. The average Bonchev–Trinajstić information content (AvgIpc) is 3.31. The molecule has 8 nitrogen and oxygen atoms in total. The van der Waals surface area contributed by atoms with E-state index in [1.165, 1.54) is 17.6 Å². The molecule has 2 aromatic rings. The maximum Gasteiger partial charge on any atom is 0.341 e. The Hall–Kier alpha value is -2.65. The number of nitrogens with one attached hydrogen (secondary N) is 2. The molecule has 28 heavy (non-hydrogen) atoms. The molecule has 0 unspecified atom stereocenters. The highest BCUT2D eigenvalue weighted by atomic mass is 32.1. The maximum atomic E-state index is 12.5. The van der Waals surface area contributed by atoms with Crippen LogP contribution < -0.4 is 16.0 Å². The van der Waals surface area contributed by atoms with Crippen molar-refractivity contribution in [1.29, 1.82) is 0 Å². The topological polar surface area (TPSA) is 116 Å². The van der Waals surface area contributed by atoms with Crippen LogP contribution in [0, 0.1) is 5.92 Å². The van der Waals surface area contributed by atoms with Gasteiger partial charge in [0.1, 0.15) is 16.3 Å². The molecule has 1 fully saturated rings. The molecule has 3 heterocycles. The molecule has 1 aliphatic heterocycles. The van der Waals surface area contributed by atoms with Crippen LogP contribution in [-0.4, -0.2) is 44.0 Å². The lowest BCUT2D eigenvalue weighted by Gasteiger charge is -2.27. The van der Waals surface area contributed by atoms with Gasteiger partial charge in [-0.25, -0.2) is 4.79 Å². The molecule has 0 atom stereocenters.